The summed E-state index contributed by atoms with van der Waals surface area (Å²) < 4.78 is 33.7. The number of nitrogens with zero attached hydrogens (tertiary/aromatic N) is 1. The Bertz CT molecular complexity index is 974. The number of sulfonamides is 1. The number of hydrogen-bond acceptors (Lipinski definition) is 4. The molecule has 0 aliphatic carbocycles. The maximum Gasteiger partial charge on any atom is 0.243 e. The fourth-order valence-electron chi connectivity index (χ4n) is 3.20. The highest BCUT2D eigenvalue weighted by Gasteiger charge is 2.32. The largest absolute Gasteiger partial charge is 0.492 e. The summed E-state index contributed by atoms with van der Waals surface area (Å²) in [6.45, 7) is 2.86. The zero-order valence-corrected chi connectivity index (χ0v) is 19.6. The molecule has 1 N–H and O–H groups in total. The first kappa shape index (κ1) is 22.3. The van der Waals surface area contributed by atoms with Gasteiger partial charge in [-0.15, -0.1) is 0 Å². The Morgan fingerprint density at radius 2 is 1.86 bits per heavy atom. The molecule has 0 saturated carbocycles. The Labute approximate surface area is 189 Å². The van der Waals surface area contributed by atoms with Crippen molar-refractivity contribution in [1.82, 2.24) is 4.31 Å². The fraction of sp³-hybridized carbons (Fsp3) is 0.350. The highest BCUT2D eigenvalue weighted by atomic mass is 127. The first-order chi connectivity index (χ1) is 13.8. The first-order valence-electron chi connectivity index (χ1n) is 9.30. The number of hydrogen-bond donors (Lipinski definition) is 1. The molecule has 0 unspecified atom stereocenters. The smallest absolute Gasteiger partial charge is 0.243 e. The minimum absolute atomic E-state index is 0.0765. The van der Waals surface area contributed by atoms with Gasteiger partial charge in [-0.3, -0.25) is 4.79 Å². The molecule has 1 heterocycles. The lowest BCUT2D eigenvalue weighted by molar-refractivity contribution is -0.120. The molecule has 1 aliphatic rings. The average Bonchev–Trinajstić information content (AvgIpc) is 2.71. The number of benzene rings is 2. The molecule has 9 heteroatoms. The predicted octanol–water partition coefficient (Wildman–Crippen LogP) is 4.38. The zero-order chi connectivity index (χ0) is 21.0. The average molecular weight is 549 g/mol. The summed E-state index contributed by atoms with van der Waals surface area (Å²) >= 11 is 8.35. The first-order valence-corrected chi connectivity index (χ1v) is 12.2. The minimum Gasteiger partial charge on any atom is -0.492 e. The van der Waals surface area contributed by atoms with Crippen molar-refractivity contribution in [2.45, 2.75) is 24.7 Å². The van der Waals surface area contributed by atoms with Crippen molar-refractivity contribution in [1.29, 1.82) is 0 Å². The van der Waals surface area contributed by atoms with Crippen molar-refractivity contribution in [3.63, 3.8) is 0 Å². The molecule has 6 nitrogen and oxygen atoms in total. The quantitative estimate of drug-likeness (QED) is 0.544. The molecule has 1 saturated heterocycles. The van der Waals surface area contributed by atoms with Gasteiger partial charge in [0.05, 0.1) is 16.5 Å². The van der Waals surface area contributed by atoms with E-state index in [1.807, 2.05) is 31.2 Å². The van der Waals surface area contributed by atoms with E-state index in [1.165, 1.54) is 16.4 Å². The van der Waals surface area contributed by atoms with Crippen LogP contribution in [-0.2, 0) is 14.8 Å². The van der Waals surface area contributed by atoms with Crippen LogP contribution in [0.2, 0.25) is 5.02 Å². The summed E-state index contributed by atoms with van der Waals surface area (Å²) in [7, 11) is -3.67. The van der Waals surface area contributed by atoms with Crippen LogP contribution < -0.4 is 10.1 Å². The van der Waals surface area contributed by atoms with Crippen LogP contribution in [0.15, 0.2) is 47.4 Å². The van der Waals surface area contributed by atoms with E-state index in [0.717, 1.165) is 9.26 Å². The zero-order valence-electron chi connectivity index (χ0n) is 15.9. The van der Waals surface area contributed by atoms with Gasteiger partial charge in [0.25, 0.3) is 0 Å². The highest BCUT2D eigenvalue weighted by molar-refractivity contribution is 14.1. The van der Waals surface area contributed by atoms with Crippen LogP contribution in [0.3, 0.4) is 0 Å². The Morgan fingerprint density at radius 3 is 2.45 bits per heavy atom. The number of rotatable bonds is 6. The number of anilines is 1. The van der Waals surface area contributed by atoms with Crippen LogP contribution in [-0.4, -0.2) is 38.3 Å². The maximum atomic E-state index is 12.9. The summed E-state index contributed by atoms with van der Waals surface area (Å²) in [6.07, 6.45) is 0.945. The van der Waals surface area contributed by atoms with Gasteiger partial charge in [0.1, 0.15) is 5.75 Å². The molecule has 3 rings (SSSR count). The van der Waals surface area contributed by atoms with E-state index in [0.29, 0.717) is 25.2 Å². The maximum absolute atomic E-state index is 12.9. The molecule has 1 aliphatic heterocycles. The van der Waals surface area contributed by atoms with E-state index >= 15 is 0 Å². The Balaban J connectivity index is 1.62. The Hall–Kier alpha value is -1.36. The van der Waals surface area contributed by atoms with Crippen molar-refractivity contribution in [2.75, 3.05) is 25.0 Å². The van der Waals surface area contributed by atoms with Crippen LogP contribution in [0.25, 0.3) is 0 Å². The van der Waals surface area contributed by atoms with Gasteiger partial charge in [-0.1, -0.05) is 11.6 Å². The summed E-state index contributed by atoms with van der Waals surface area (Å²) in [5, 5.41) is 3.17. The van der Waals surface area contributed by atoms with Crippen molar-refractivity contribution in [3.8, 4) is 5.75 Å². The second-order valence-electron chi connectivity index (χ2n) is 6.70. The van der Waals surface area contributed by atoms with Gasteiger partial charge < -0.3 is 10.1 Å². The van der Waals surface area contributed by atoms with Crippen LogP contribution in [0.1, 0.15) is 19.8 Å². The highest BCUT2D eigenvalue weighted by Crippen LogP contribution is 2.30. The molecule has 2 aromatic carbocycles. The molecule has 2 aromatic rings. The second-order valence-corrected chi connectivity index (χ2v) is 10.3. The van der Waals surface area contributed by atoms with Gasteiger partial charge in [-0.25, -0.2) is 8.42 Å². The van der Waals surface area contributed by atoms with E-state index in [1.54, 1.807) is 6.07 Å². The summed E-state index contributed by atoms with van der Waals surface area (Å²) in [5.74, 6) is 0.163. The van der Waals surface area contributed by atoms with Crippen LogP contribution in [0, 0.1) is 9.49 Å². The van der Waals surface area contributed by atoms with E-state index in [2.05, 4.69) is 27.9 Å². The van der Waals surface area contributed by atoms with E-state index < -0.39 is 10.0 Å². The van der Waals surface area contributed by atoms with Gasteiger partial charge >= 0.3 is 0 Å². The van der Waals surface area contributed by atoms with Gasteiger partial charge in [-0.05, 0) is 84.8 Å². The second kappa shape index (κ2) is 9.63. The van der Waals surface area contributed by atoms with Gasteiger partial charge in [0, 0.05) is 28.3 Å². The van der Waals surface area contributed by atoms with E-state index in [9.17, 15) is 13.2 Å². The number of nitrogens with one attached hydrogen (secondary N) is 1. The van der Waals surface area contributed by atoms with E-state index in [4.69, 9.17) is 16.3 Å². The standard InChI is InChI=1S/C20H22ClIN2O4S/c1-2-28-19-8-7-17(13-18(19)21)29(26,27)24-11-9-14(10-12-24)20(25)23-16-5-3-15(22)4-6-16/h3-8,13-14H,2,9-12H2,1H3,(H,23,25). The third-order valence-electron chi connectivity index (χ3n) is 4.78. The van der Waals surface area contributed by atoms with Crippen molar-refractivity contribution in [3.05, 3.63) is 51.1 Å². The number of halogens is 2. The number of carbonyl (C=O) groups excluding carboxylic acids is 1. The van der Waals surface area contributed by atoms with Crippen molar-refractivity contribution >= 4 is 55.8 Å². The van der Waals surface area contributed by atoms with E-state index in [-0.39, 0.29) is 34.8 Å². The summed E-state index contributed by atoms with van der Waals surface area (Å²) in [5.41, 5.74) is 0.745. The van der Waals surface area contributed by atoms with Gasteiger partial charge in [-0.2, -0.15) is 4.31 Å². The van der Waals surface area contributed by atoms with Crippen LogP contribution in [0.5, 0.6) is 5.75 Å². The predicted molar refractivity (Wildman–Crippen MR) is 122 cm³/mol. The lowest BCUT2D eigenvalue weighted by Gasteiger charge is -2.30. The molecular weight excluding hydrogens is 527 g/mol. The molecule has 0 aromatic heterocycles. The third kappa shape index (κ3) is 5.42. The fourth-order valence-corrected chi connectivity index (χ4v) is 5.36. The summed E-state index contributed by atoms with van der Waals surface area (Å²) in [4.78, 5) is 12.6. The lowest BCUT2D eigenvalue weighted by Crippen LogP contribution is -2.41. The number of ether oxygens (including phenoxy) is 1. The molecular formula is C20H22ClIN2O4S. The van der Waals surface area contributed by atoms with Crippen molar-refractivity contribution < 1.29 is 17.9 Å². The molecule has 0 bridgehead atoms. The molecule has 0 spiro atoms. The molecule has 29 heavy (non-hydrogen) atoms. The van der Waals surface area contributed by atoms with Gasteiger partial charge in [0.2, 0.25) is 15.9 Å². The molecule has 156 valence electrons. The Kier molecular flexibility index (Phi) is 7.42. The number of amides is 1. The van der Waals surface area contributed by atoms with Crippen LogP contribution >= 0.6 is 34.2 Å². The topological polar surface area (TPSA) is 75.7 Å². The lowest BCUT2D eigenvalue weighted by atomic mass is 9.97. The van der Waals surface area contributed by atoms with Crippen molar-refractivity contribution in [2.24, 2.45) is 5.92 Å². The number of carbonyl (C=O) groups is 1. The summed E-state index contributed by atoms with van der Waals surface area (Å²) in [6, 6.07) is 12.0. The molecule has 1 amide bonds. The third-order valence-corrected chi connectivity index (χ3v) is 7.69. The number of piperidine rings is 1. The Morgan fingerprint density at radius 1 is 1.21 bits per heavy atom. The minimum atomic E-state index is -3.67. The molecule has 1 fully saturated rings. The molecule has 0 radical (unpaired) electrons. The molecule has 0 atom stereocenters. The SMILES string of the molecule is CCOc1ccc(S(=O)(=O)N2CCC(C(=O)Nc3ccc(I)cc3)CC2)cc1Cl. The monoisotopic (exact) mass is 548 g/mol. The van der Waals surface area contributed by atoms with Crippen LogP contribution in [0.4, 0.5) is 5.69 Å². The normalized spacial score (nSPS) is 15.8. The van der Waals surface area contributed by atoms with Gasteiger partial charge in [0.15, 0.2) is 0 Å².